The number of hydrogen-bond acceptors (Lipinski definition) is 4. The smallest absolute Gasteiger partial charge is 0.317 e. The monoisotopic (exact) mass is 318 g/mol. The Morgan fingerprint density at radius 2 is 2.04 bits per heavy atom. The third kappa shape index (κ3) is 4.13. The van der Waals surface area contributed by atoms with Gasteiger partial charge in [-0.1, -0.05) is 0 Å². The van der Waals surface area contributed by atoms with Crippen molar-refractivity contribution in [2.45, 2.75) is 38.3 Å². The molecule has 0 atom stereocenters. The second-order valence-corrected chi connectivity index (χ2v) is 6.33. The fourth-order valence-corrected chi connectivity index (χ4v) is 3.50. The van der Waals surface area contributed by atoms with E-state index in [-0.39, 0.29) is 6.03 Å². The average molecular weight is 318 g/mol. The Labute approximate surface area is 137 Å². The number of carbonyl (C=O) groups excluding carboxylic acids is 1. The summed E-state index contributed by atoms with van der Waals surface area (Å²) in [6.07, 6.45) is 6.54. The Hall–Kier alpha value is -1.82. The number of carbonyl (C=O) groups is 1. The van der Waals surface area contributed by atoms with Crippen LogP contribution in [0.25, 0.3) is 0 Å². The molecule has 0 radical (unpaired) electrons. The summed E-state index contributed by atoms with van der Waals surface area (Å²) >= 11 is 0. The minimum Gasteiger partial charge on any atom is -0.481 e. The number of likely N-dealkylation sites (tertiary alicyclic amines) is 2. The van der Waals surface area contributed by atoms with Gasteiger partial charge in [-0.3, -0.25) is 0 Å². The van der Waals surface area contributed by atoms with E-state index >= 15 is 0 Å². The lowest BCUT2D eigenvalue weighted by molar-refractivity contribution is 0.134. The highest BCUT2D eigenvalue weighted by atomic mass is 16.5. The van der Waals surface area contributed by atoms with Crippen LogP contribution in [0.5, 0.6) is 5.88 Å². The summed E-state index contributed by atoms with van der Waals surface area (Å²) in [4.78, 5) is 20.9. The zero-order valence-electron chi connectivity index (χ0n) is 13.8. The maximum atomic E-state index is 12.3. The average Bonchev–Trinajstić information content (AvgIpc) is 3.14. The van der Waals surface area contributed by atoms with E-state index in [9.17, 15) is 4.79 Å². The van der Waals surface area contributed by atoms with Crippen molar-refractivity contribution in [2.24, 2.45) is 0 Å². The standard InChI is InChI=1S/C17H26N4O2/c1-23-16-12-14(4-7-18-16)13-19-17(22)21-10-5-15(6-11-21)20-8-2-3-9-20/h4,7,12,15H,2-3,5-6,8-11,13H2,1H3,(H,19,22). The number of rotatable bonds is 4. The van der Waals surface area contributed by atoms with E-state index < -0.39 is 0 Å². The minimum absolute atomic E-state index is 0.0284. The molecule has 0 saturated carbocycles. The molecule has 0 aromatic carbocycles. The van der Waals surface area contributed by atoms with Gasteiger partial charge in [-0.05, 0) is 50.4 Å². The lowest BCUT2D eigenvalue weighted by atomic mass is 10.0. The van der Waals surface area contributed by atoms with Crippen LogP contribution in [0.15, 0.2) is 18.3 Å². The molecule has 0 bridgehead atoms. The first-order valence-corrected chi connectivity index (χ1v) is 8.52. The van der Waals surface area contributed by atoms with Crippen LogP contribution >= 0.6 is 0 Å². The third-order valence-electron chi connectivity index (χ3n) is 4.86. The zero-order chi connectivity index (χ0) is 16.1. The second-order valence-electron chi connectivity index (χ2n) is 6.33. The van der Waals surface area contributed by atoms with Crippen LogP contribution in [0, 0.1) is 0 Å². The fourth-order valence-electron chi connectivity index (χ4n) is 3.50. The molecule has 2 amide bonds. The Morgan fingerprint density at radius 3 is 2.74 bits per heavy atom. The van der Waals surface area contributed by atoms with Crippen LogP contribution in [-0.2, 0) is 6.54 Å². The molecule has 1 aromatic rings. The maximum Gasteiger partial charge on any atom is 0.317 e. The maximum absolute atomic E-state index is 12.3. The molecule has 23 heavy (non-hydrogen) atoms. The quantitative estimate of drug-likeness (QED) is 0.920. The predicted octanol–water partition coefficient (Wildman–Crippen LogP) is 1.86. The molecule has 6 heteroatoms. The minimum atomic E-state index is 0.0284. The van der Waals surface area contributed by atoms with Gasteiger partial charge in [0.25, 0.3) is 0 Å². The first-order valence-electron chi connectivity index (χ1n) is 8.52. The van der Waals surface area contributed by atoms with Crippen LogP contribution < -0.4 is 10.1 Å². The van der Waals surface area contributed by atoms with Gasteiger partial charge in [-0.2, -0.15) is 0 Å². The van der Waals surface area contributed by atoms with Gasteiger partial charge in [-0.25, -0.2) is 9.78 Å². The van der Waals surface area contributed by atoms with Crippen LogP contribution in [0.4, 0.5) is 4.79 Å². The summed E-state index contributed by atoms with van der Waals surface area (Å²) in [5.41, 5.74) is 0.997. The lowest BCUT2D eigenvalue weighted by Crippen LogP contribution is -2.48. The number of nitrogens with zero attached hydrogens (tertiary/aromatic N) is 3. The van der Waals surface area contributed by atoms with Gasteiger partial charge < -0.3 is 19.9 Å². The second kappa shape index (κ2) is 7.64. The molecule has 0 unspecified atom stereocenters. The van der Waals surface area contributed by atoms with E-state index in [1.165, 1.54) is 25.9 Å². The van der Waals surface area contributed by atoms with Crippen LogP contribution in [0.3, 0.4) is 0 Å². The van der Waals surface area contributed by atoms with Gasteiger partial charge in [0.1, 0.15) is 0 Å². The largest absolute Gasteiger partial charge is 0.481 e. The van der Waals surface area contributed by atoms with E-state index in [2.05, 4.69) is 15.2 Å². The highest BCUT2D eigenvalue weighted by molar-refractivity contribution is 5.74. The number of urea groups is 1. The van der Waals surface area contributed by atoms with Gasteiger partial charge in [-0.15, -0.1) is 0 Å². The fraction of sp³-hybridized carbons (Fsp3) is 0.647. The summed E-state index contributed by atoms with van der Waals surface area (Å²) in [5.74, 6) is 0.572. The third-order valence-corrected chi connectivity index (χ3v) is 4.86. The number of pyridine rings is 1. The molecule has 3 heterocycles. The SMILES string of the molecule is COc1cc(CNC(=O)N2CCC(N3CCCC3)CC2)ccn1. The van der Waals surface area contributed by atoms with Gasteiger partial charge in [0.15, 0.2) is 0 Å². The zero-order valence-corrected chi connectivity index (χ0v) is 13.8. The van der Waals surface area contributed by atoms with Crippen molar-refractivity contribution in [3.63, 3.8) is 0 Å². The number of hydrogen-bond donors (Lipinski definition) is 1. The topological polar surface area (TPSA) is 57.7 Å². The lowest BCUT2D eigenvalue weighted by Gasteiger charge is -2.36. The molecule has 2 fully saturated rings. The molecule has 2 aliphatic heterocycles. The first kappa shape index (κ1) is 16.1. The van der Waals surface area contributed by atoms with E-state index in [0.717, 1.165) is 31.5 Å². The molecular weight excluding hydrogens is 292 g/mol. The number of nitrogens with one attached hydrogen (secondary N) is 1. The summed E-state index contributed by atoms with van der Waals surface area (Å²) in [6.45, 7) is 4.69. The van der Waals surface area contributed by atoms with Crippen molar-refractivity contribution in [1.29, 1.82) is 0 Å². The first-order chi connectivity index (χ1) is 11.3. The number of aromatic nitrogens is 1. The van der Waals surface area contributed by atoms with E-state index in [4.69, 9.17) is 4.74 Å². The highest BCUT2D eigenvalue weighted by Crippen LogP contribution is 2.21. The van der Waals surface area contributed by atoms with E-state index in [0.29, 0.717) is 18.5 Å². The number of amides is 2. The van der Waals surface area contributed by atoms with Crippen LogP contribution in [0.1, 0.15) is 31.2 Å². The molecule has 1 aromatic heterocycles. The Morgan fingerprint density at radius 1 is 1.30 bits per heavy atom. The summed E-state index contributed by atoms with van der Waals surface area (Å²) in [5, 5.41) is 2.99. The van der Waals surface area contributed by atoms with E-state index in [1.54, 1.807) is 13.3 Å². The molecule has 6 nitrogen and oxygen atoms in total. The van der Waals surface area contributed by atoms with Crippen molar-refractivity contribution >= 4 is 6.03 Å². The number of methoxy groups -OCH3 is 1. The van der Waals surface area contributed by atoms with Gasteiger partial charge in [0.2, 0.25) is 5.88 Å². The van der Waals surface area contributed by atoms with Crippen molar-refractivity contribution in [2.75, 3.05) is 33.3 Å². The van der Waals surface area contributed by atoms with Crippen molar-refractivity contribution in [3.8, 4) is 5.88 Å². The Bertz CT molecular complexity index is 523. The predicted molar refractivity (Wildman–Crippen MR) is 88.4 cm³/mol. The van der Waals surface area contributed by atoms with Crippen molar-refractivity contribution in [1.82, 2.24) is 20.1 Å². The van der Waals surface area contributed by atoms with Crippen LogP contribution in [0.2, 0.25) is 0 Å². The molecule has 3 rings (SSSR count). The summed E-state index contributed by atoms with van der Waals surface area (Å²) in [6, 6.07) is 4.44. The van der Waals surface area contributed by atoms with Gasteiger partial charge >= 0.3 is 6.03 Å². The molecular formula is C17H26N4O2. The van der Waals surface area contributed by atoms with E-state index in [1.807, 2.05) is 17.0 Å². The van der Waals surface area contributed by atoms with Gasteiger partial charge in [0.05, 0.1) is 7.11 Å². The van der Waals surface area contributed by atoms with Crippen LogP contribution in [-0.4, -0.2) is 60.1 Å². The van der Waals surface area contributed by atoms with Crippen molar-refractivity contribution in [3.05, 3.63) is 23.9 Å². The van der Waals surface area contributed by atoms with Gasteiger partial charge in [0, 0.05) is 37.9 Å². The molecule has 2 aliphatic rings. The highest BCUT2D eigenvalue weighted by Gasteiger charge is 2.28. The Balaban J connectivity index is 1.44. The number of ether oxygens (including phenoxy) is 1. The molecule has 1 N–H and O–H groups in total. The summed E-state index contributed by atoms with van der Waals surface area (Å²) in [7, 11) is 1.59. The Kier molecular flexibility index (Phi) is 5.33. The van der Waals surface area contributed by atoms with Crippen molar-refractivity contribution < 1.29 is 9.53 Å². The molecule has 126 valence electrons. The molecule has 0 aliphatic carbocycles. The number of piperidine rings is 1. The normalized spacial score (nSPS) is 19.8. The molecule has 2 saturated heterocycles. The summed E-state index contributed by atoms with van der Waals surface area (Å²) < 4.78 is 5.10. The molecule has 0 spiro atoms.